The van der Waals surface area contributed by atoms with Gasteiger partial charge in [0.25, 0.3) is 0 Å². The Kier molecular flexibility index (Phi) is 6.21. The Bertz CT molecular complexity index is 1260. The van der Waals surface area contributed by atoms with Crippen LogP contribution in [0.3, 0.4) is 0 Å². The maximum Gasteiger partial charge on any atom is 0.231 e. The molecule has 7 heteroatoms. The third-order valence-electron chi connectivity index (χ3n) is 5.17. The van der Waals surface area contributed by atoms with Crippen LogP contribution in [0.25, 0.3) is 21.7 Å². The van der Waals surface area contributed by atoms with Gasteiger partial charge >= 0.3 is 0 Å². The molecule has 166 valence electrons. The zero-order valence-corrected chi connectivity index (χ0v) is 18.6. The lowest BCUT2D eigenvalue weighted by Gasteiger charge is -2.12. The van der Waals surface area contributed by atoms with Crippen molar-refractivity contribution in [3.8, 4) is 38.9 Å². The first-order chi connectivity index (χ1) is 16.3. The second kappa shape index (κ2) is 9.75. The van der Waals surface area contributed by atoms with E-state index in [0.29, 0.717) is 13.2 Å². The van der Waals surface area contributed by atoms with E-state index in [1.54, 1.807) is 0 Å². The van der Waals surface area contributed by atoms with Crippen LogP contribution in [0.2, 0.25) is 0 Å². The number of carbonyl (C=O) groups excluding carboxylic acids is 1. The molecule has 1 aromatic heterocycles. The maximum atomic E-state index is 12.4. The lowest BCUT2D eigenvalue weighted by molar-refractivity contribution is -0.120. The number of amides is 1. The molecule has 0 unspecified atom stereocenters. The highest BCUT2D eigenvalue weighted by Gasteiger charge is 2.16. The Hall–Kier alpha value is -3.84. The van der Waals surface area contributed by atoms with Crippen LogP contribution in [-0.2, 0) is 11.2 Å². The van der Waals surface area contributed by atoms with E-state index in [9.17, 15) is 4.79 Å². The third kappa shape index (κ3) is 4.99. The molecule has 33 heavy (non-hydrogen) atoms. The van der Waals surface area contributed by atoms with Crippen molar-refractivity contribution in [3.63, 3.8) is 0 Å². The average molecular weight is 459 g/mol. The standard InChI is InChI=1S/C26H22N2O4S/c29-25(15-20-16-33-26(28-20)19-10-11-23-24(14-19)32-17-31-23)27-12-13-30-22-9-5-4-8-21(22)18-6-2-1-3-7-18/h1-11,14,16H,12-13,15,17H2,(H,27,29). The molecule has 0 saturated heterocycles. The summed E-state index contributed by atoms with van der Waals surface area (Å²) < 4.78 is 16.7. The predicted octanol–water partition coefficient (Wildman–Crippen LogP) is 4.94. The quantitative estimate of drug-likeness (QED) is 0.379. The number of thiazole rings is 1. The number of fused-ring (bicyclic) bond motifs is 1. The first-order valence-corrected chi connectivity index (χ1v) is 11.5. The normalized spacial score (nSPS) is 11.9. The number of hydrogen-bond acceptors (Lipinski definition) is 6. The molecule has 0 atom stereocenters. The van der Waals surface area contributed by atoms with Crippen molar-refractivity contribution in [2.75, 3.05) is 19.9 Å². The third-order valence-corrected chi connectivity index (χ3v) is 6.11. The highest BCUT2D eigenvalue weighted by molar-refractivity contribution is 7.13. The smallest absolute Gasteiger partial charge is 0.231 e. The van der Waals surface area contributed by atoms with Crippen molar-refractivity contribution < 1.29 is 19.0 Å². The van der Waals surface area contributed by atoms with Gasteiger partial charge < -0.3 is 19.5 Å². The Morgan fingerprint density at radius 3 is 2.70 bits per heavy atom. The van der Waals surface area contributed by atoms with Gasteiger partial charge in [-0.3, -0.25) is 4.79 Å². The van der Waals surface area contributed by atoms with Gasteiger partial charge in [-0.05, 0) is 29.8 Å². The molecular formula is C26H22N2O4S. The number of aromatic nitrogens is 1. The molecule has 0 bridgehead atoms. The molecule has 0 fully saturated rings. The summed E-state index contributed by atoms with van der Waals surface area (Å²) >= 11 is 1.50. The number of nitrogens with one attached hydrogen (secondary N) is 1. The van der Waals surface area contributed by atoms with Gasteiger partial charge in [0.05, 0.1) is 18.7 Å². The van der Waals surface area contributed by atoms with Crippen molar-refractivity contribution in [2.45, 2.75) is 6.42 Å². The van der Waals surface area contributed by atoms with Gasteiger partial charge in [-0.2, -0.15) is 0 Å². The molecule has 0 aliphatic carbocycles. The van der Waals surface area contributed by atoms with Crippen LogP contribution < -0.4 is 19.5 Å². The van der Waals surface area contributed by atoms with Gasteiger partial charge in [0.15, 0.2) is 11.5 Å². The maximum absolute atomic E-state index is 12.4. The van der Waals surface area contributed by atoms with Crippen LogP contribution in [0.4, 0.5) is 0 Å². The molecule has 1 aliphatic heterocycles. The van der Waals surface area contributed by atoms with E-state index in [1.807, 2.05) is 66.0 Å². The summed E-state index contributed by atoms with van der Waals surface area (Å²) in [6.45, 7) is 1.04. The van der Waals surface area contributed by atoms with Crippen LogP contribution in [0, 0.1) is 0 Å². The molecule has 0 radical (unpaired) electrons. The van der Waals surface area contributed by atoms with Crippen molar-refractivity contribution >= 4 is 17.2 Å². The summed E-state index contributed by atoms with van der Waals surface area (Å²) in [4.78, 5) is 17.0. The highest BCUT2D eigenvalue weighted by Crippen LogP contribution is 2.36. The monoisotopic (exact) mass is 458 g/mol. The minimum Gasteiger partial charge on any atom is -0.491 e. The van der Waals surface area contributed by atoms with Crippen molar-refractivity contribution in [3.05, 3.63) is 83.9 Å². The molecule has 1 N–H and O–H groups in total. The van der Waals surface area contributed by atoms with Crippen LogP contribution >= 0.6 is 11.3 Å². The molecule has 6 nitrogen and oxygen atoms in total. The topological polar surface area (TPSA) is 69.7 Å². The first kappa shape index (κ1) is 21.0. The van der Waals surface area contributed by atoms with Crippen molar-refractivity contribution in [1.82, 2.24) is 10.3 Å². The summed E-state index contributed by atoms with van der Waals surface area (Å²) in [6, 6.07) is 23.7. The van der Waals surface area contributed by atoms with E-state index in [4.69, 9.17) is 14.2 Å². The Morgan fingerprint density at radius 1 is 0.970 bits per heavy atom. The summed E-state index contributed by atoms with van der Waals surface area (Å²) in [5.41, 5.74) is 3.81. The van der Waals surface area contributed by atoms with Gasteiger partial charge in [0.1, 0.15) is 17.4 Å². The highest BCUT2D eigenvalue weighted by atomic mass is 32.1. The van der Waals surface area contributed by atoms with E-state index >= 15 is 0 Å². The van der Waals surface area contributed by atoms with E-state index < -0.39 is 0 Å². The fourth-order valence-electron chi connectivity index (χ4n) is 3.58. The van der Waals surface area contributed by atoms with Crippen LogP contribution in [-0.4, -0.2) is 30.8 Å². The van der Waals surface area contributed by atoms with Gasteiger partial charge in [0.2, 0.25) is 12.7 Å². The SMILES string of the molecule is O=C(Cc1csc(-c2ccc3c(c2)OCO3)n1)NCCOc1ccccc1-c1ccccc1. The molecule has 3 aromatic carbocycles. The molecule has 1 amide bonds. The largest absolute Gasteiger partial charge is 0.491 e. The average Bonchev–Trinajstić information content (AvgIpc) is 3.52. The number of nitrogens with zero attached hydrogens (tertiary/aromatic N) is 1. The molecular weight excluding hydrogens is 436 g/mol. The Morgan fingerprint density at radius 2 is 1.79 bits per heavy atom. The minimum atomic E-state index is -0.0857. The second-order valence-electron chi connectivity index (χ2n) is 7.45. The Balaban J connectivity index is 1.12. The lowest BCUT2D eigenvalue weighted by atomic mass is 10.1. The van der Waals surface area contributed by atoms with E-state index in [1.165, 1.54) is 11.3 Å². The number of rotatable bonds is 8. The number of para-hydroxylation sites is 1. The zero-order valence-electron chi connectivity index (χ0n) is 17.8. The van der Waals surface area contributed by atoms with E-state index in [0.717, 1.165) is 44.6 Å². The fraction of sp³-hybridized carbons (Fsp3) is 0.154. The molecule has 2 heterocycles. The zero-order chi connectivity index (χ0) is 22.5. The van der Waals surface area contributed by atoms with E-state index in [-0.39, 0.29) is 19.1 Å². The molecule has 4 aromatic rings. The van der Waals surface area contributed by atoms with Crippen molar-refractivity contribution in [1.29, 1.82) is 0 Å². The molecule has 0 spiro atoms. The predicted molar refractivity (Wildman–Crippen MR) is 128 cm³/mol. The van der Waals surface area contributed by atoms with Gasteiger partial charge in [-0.15, -0.1) is 11.3 Å². The fourth-order valence-corrected chi connectivity index (χ4v) is 4.39. The molecule has 5 rings (SSSR count). The molecule has 1 aliphatic rings. The van der Waals surface area contributed by atoms with Gasteiger partial charge in [-0.1, -0.05) is 48.5 Å². The summed E-state index contributed by atoms with van der Waals surface area (Å²) in [5, 5.41) is 5.66. The second-order valence-corrected chi connectivity index (χ2v) is 8.31. The van der Waals surface area contributed by atoms with Crippen molar-refractivity contribution in [2.24, 2.45) is 0 Å². The van der Waals surface area contributed by atoms with E-state index in [2.05, 4.69) is 22.4 Å². The molecule has 0 saturated carbocycles. The van der Waals surface area contributed by atoms with Gasteiger partial charge in [0, 0.05) is 16.5 Å². The summed E-state index contributed by atoms with van der Waals surface area (Å²) in [5.74, 6) is 2.17. The first-order valence-electron chi connectivity index (χ1n) is 10.6. The van der Waals surface area contributed by atoms with Gasteiger partial charge in [-0.25, -0.2) is 4.98 Å². The Labute approximate surface area is 195 Å². The summed E-state index contributed by atoms with van der Waals surface area (Å²) in [7, 11) is 0. The van der Waals surface area contributed by atoms with Crippen LogP contribution in [0.1, 0.15) is 5.69 Å². The number of hydrogen-bond donors (Lipinski definition) is 1. The minimum absolute atomic E-state index is 0.0857. The van der Waals surface area contributed by atoms with Crippen LogP contribution in [0.5, 0.6) is 17.2 Å². The lowest BCUT2D eigenvalue weighted by Crippen LogP contribution is -2.29. The van der Waals surface area contributed by atoms with Crippen LogP contribution in [0.15, 0.2) is 78.2 Å². The number of benzene rings is 3. The summed E-state index contributed by atoms with van der Waals surface area (Å²) in [6.07, 6.45) is 0.224. The number of carbonyl (C=O) groups is 1. The number of ether oxygens (including phenoxy) is 3.